The van der Waals surface area contributed by atoms with Gasteiger partial charge in [0.25, 0.3) is 0 Å². The van der Waals surface area contributed by atoms with Crippen LogP contribution in [0.2, 0.25) is 0 Å². The number of carboxylic acid groups (broad SMARTS) is 3. The predicted molar refractivity (Wildman–Crippen MR) is 67.3 cm³/mol. The summed E-state index contributed by atoms with van der Waals surface area (Å²) in [5, 5.41) is 23.5. The third-order valence-corrected chi connectivity index (χ3v) is 0.928. The Morgan fingerprint density at radius 2 is 0.789 bits per heavy atom. The van der Waals surface area contributed by atoms with Gasteiger partial charge in [-0.05, 0) is 20.8 Å². The molecule has 105 valence electrons. The zero-order valence-electron chi connectivity index (χ0n) is 11.1. The van der Waals surface area contributed by atoms with Crippen LogP contribution in [0.3, 0.4) is 0 Å². The van der Waals surface area contributed by atoms with Crippen LogP contribution in [0.25, 0.3) is 0 Å². The van der Waals surface area contributed by atoms with Crippen LogP contribution >= 0.6 is 0 Å². The van der Waals surface area contributed by atoms with Crippen LogP contribution in [0.5, 0.6) is 0 Å². The summed E-state index contributed by atoms with van der Waals surface area (Å²) in [6.07, 6.45) is 7.67. The third kappa shape index (κ3) is 60.4. The molecular weight excluding hydrogens is 379 g/mol. The Kier molecular flexibility index (Phi) is 30.6. The molecule has 0 bridgehead atoms. The Morgan fingerprint density at radius 1 is 0.632 bits per heavy atom. The van der Waals surface area contributed by atoms with Gasteiger partial charge in [-0.25, -0.2) is 14.4 Å². The van der Waals surface area contributed by atoms with Gasteiger partial charge in [0.1, 0.15) is 0 Å². The molecule has 0 aliphatic rings. The van der Waals surface area contributed by atoms with E-state index in [-0.39, 0.29) is 35.6 Å². The second-order valence-corrected chi connectivity index (χ2v) is 2.51. The molecule has 0 atom stereocenters. The van der Waals surface area contributed by atoms with Crippen molar-refractivity contribution < 1.29 is 65.3 Å². The van der Waals surface area contributed by atoms with Crippen LogP contribution in [-0.4, -0.2) is 33.2 Å². The Balaban J connectivity index is -0.0000000865. The molecule has 0 aromatic heterocycles. The molecule has 0 fully saturated rings. The fourth-order valence-electron chi connectivity index (χ4n) is 0.428. The van der Waals surface area contributed by atoms with Crippen LogP contribution in [0, 0.1) is 35.6 Å². The number of rotatable bonds is 3. The average molecular weight is 397 g/mol. The Hall–Kier alpha value is -1.18. The van der Waals surface area contributed by atoms with E-state index in [1.165, 1.54) is 18.2 Å². The summed E-state index contributed by atoms with van der Waals surface area (Å²) in [6.45, 7) is 4.98. The number of aliphatic carboxylic acids is 3. The van der Waals surface area contributed by atoms with Crippen molar-refractivity contribution in [1.29, 1.82) is 0 Å². The van der Waals surface area contributed by atoms with Crippen LogP contribution < -0.4 is 0 Å². The molecule has 3 N–H and O–H groups in total. The molecular formula is C12H18LaO6. The minimum atomic E-state index is -0.891. The predicted octanol–water partition coefficient (Wildman–Crippen LogP) is 1.94. The molecule has 0 saturated heterocycles. The quantitative estimate of drug-likeness (QED) is 0.628. The summed E-state index contributed by atoms with van der Waals surface area (Å²) < 4.78 is 0. The van der Waals surface area contributed by atoms with Crippen molar-refractivity contribution in [3.05, 3.63) is 36.5 Å². The van der Waals surface area contributed by atoms with E-state index in [0.717, 1.165) is 18.2 Å². The molecule has 7 heteroatoms. The summed E-state index contributed by atoms with van der Waals surface area (Å²) in [7, 11) is 0. The topological polar surface area (TPSA) is 112 Å². The smallest absolute Gasteiger partial charge is 0.327 e. The van der Waals surface area contributed by atoms with Crippen molar-refractivity contribution in [2.45, 2.75) is 20.8 Å². The SMILES string of the molecule is C/C=C/C(=O)O.C/C=C/C(=O)O.C/C=C/C(=O)O.[La]. The molecule has 0 aliphatic heterocycles. The molecule has 0 aromatic rings. The molecule has 0 unspecified atom stereocenters. The maximum absolute atomic E-state index is 9.51. The second kappa shape index (κ2) is 22.0. The van der Waals surface area contributed by atoms with E-state index in [4.69, 9.17) is 15.3 Å². The number of carboxylic acids is 3. The van der Waals surface area contributed by atoms with Gasteiger partial charge in [-0.15, -0.1) is 0 Å². The summed E-state index contributed by atoms with van der Waals surface area (Å²) in [5.74, 6) is -2.67. The zero-order chi connectivity index (χ0) is 15.0. The Labute approximate surface area is 140 Å². The van der Waals surface area contributed by atoms with E-state index in [0.29, 0.717) is 0 Å². The standard InChI is InChI=1S/3C4H6O2.La/c3*1-2-3-4(5)6;/h3*2-3H,1H3,(H,5,6);/b3*3-2+;. The van der Waals surface area contributed by atoms with Crippen molar-refractivity contribution in [2.75, 3.05) is 0 Å². The van der Waals surface area contributed by atoms with E-state index in [9.17, 15) is 14.4 Å². The van der Waals surface area contributed by atoms with Crippen molar-refractivity contribution in [2.24, 2.45) is 0 Å². The molecule has 0 heterocycles. The van der Waals surface area contributed by atoms with Gasteiger partial charge in [0, 0.05) is 53.8 Å². The summed E-state index contributed by atoms with van der Waals surface area (Å²) in [4.78, 5) is 28.5. The second-order valence-electron chi connectivity index (χ2n) is 2.51. The largest absolute Gasteiger partial charge is 0.478 e. The van der Waals surface area contributed by atoms with Gasteiger partial charge in [-0.2, -0.15) is 0 Å². The van der Waals surface area contributed by atoms with E-state index in [1.54, 1.807) is 20.8 Å². The van der Waals surface area contributed by atoms with Gasteiger partial charge in [0.15, 0.2) is 0 Å². The van der Waals surface area contributed by atoms with Gasteiger partial charge in [-0.1, -0.05) is 18.2 Å². The van der Waals surface area contributed by atoms with Crippen molar-refractivity contribution in [3.8, 4) is 0 Å². The zero-order valence-corrected chi connectivity index (χ0v) is 14.7. The number of allylic oxidation sites excluding steroid dienone is 3. The normalized spacial score (nSPS) is 9.00. The van der Waals surface area contributed by atoms with Gasteiger partial charge >= 0.3 is 17.9 Å². The Morgan fingerprint density at radius 3 is 0.789 bits per heavy atom. The van der Waals surface area contributed by atoms with Crippen molar-refractivity contribution >= 4 is 17.9 Å². The minimum Gasteiger partial charge on any atom is -0.478 e. The van der Waals surface area contributed by atoms with E-state index < -0.39 is 17.9 Å². The monoisotopic (exact) mass is 397 g/mol. The summed E-state index contributed by atoms with van der Waals surface area (Å²) in [6, 6.07) is 0. The average Bonchev–Trinajstić information content (AvgIpc) is 2.18. The minimum absolute atomic E-state index is 0. The molecule has 0 spiro atoms. The maximum atomic E-state index is 9.51. The molecule has 0 saturated carbocycles. The van der Waals surface area contributed by atoms with E-state index >= 15 is 0 Å². The molecule has 19 heavy (non-hydrogen) atoms. The van der Waals surface area contributed by atoms with E-state index in [1.807, 2.05) is 0 Å². The molecule has 0 aromatic carbocycles. The van der Waals surface area contributed by atoms with Crippen molar-refractivity contribution in [1.82, 2.24) is 0 Å². The third-order valence-electron chi connectivity index (χ3n) is 0.928. The van der Waals surface area contributed by atoms with Gasteiger partial charge in [-0.3, -0.25) is 0 Å². The first-order valence-electron chi connectivity index (χ1n) is 4.88. The summed E-state index contributed by atoms with van der Waals surface area (Å²) >= 11 is 0. The Bertz CT molecular complexity index is 279. The van der Waals surface area contributed by atoms with Crippen molar-refractivity contribution in [3.63, 3.8) is 0 Å². The first kappa shape index (κ1) is 26.4. The fraction of sp³-hybridized carbons (Fsp3) is 0.250. The van der Waals surface area contributed by atoms with E-state index in [2.05, 4.69) is 0 Å². The summed E-state index contributed by atoms with van der Waals surface area (Å²) in [5.41, 5.74) is 0. The number of carbonyl (C=O) groups is 3. The van der Waals surface area contributed by atoms with Crippen LogP contribution in [0.15, 0.2) is 36.5 Å². The van der Waals surface area contributed by atoms with Gasteiger partial charge in [0.2, 0.25) is 0 Å². The molecule has 0 amide bonds. The maximum Gasteiger partial charge on any atom is 0.327 e. The first-order valence-corrected chi connectivity index (χ1v) is 4.88. The molecule has 6 nitrogen and oxygen atoms in total. The van der Waals surface area contributed by atoms with Crippen LogP contribution in [-0.2, 0) is 14.4 Å². The van der Waals surface area contributed by atoms with Gasteiger partial charge in [0.05, 0.1) is 0 Å². The molecule has 0 rings (SSSR count). The molecule has 0 aliphatic carbocycles. The fourth-order valence-corrected chi connectivity index (χ4v) is 0.428. The van der Waals surface area contributed by atoms with Gasteiger partial charge < -0.3 is 15.3 Å². The van der Waals surface area contributed by atoms with Crippen LogP contribution in [0.4, 0.5) is 0 Å². The van der Waals surface area contributed by atoms with Crippen LogP contribution in [0.1, 0.15) is 20.8 Å². The number of hydrogen-bond acceptors (Lipinski definition) is 3. The number of hydrogen-bond donors (Lipinski definition) is 3. The first-order chi connectivity index (χ1) is 8.31. The molecule has 1 radical (unpaired) electrons.